The van der Waals surface area contributed by atoms with Crippen LogP contribution in [0.25, 0.3) is 0 Å². The number of rotatable bonds is 33. The second-order valence-corrected chi connectivity index (χ2v) is 18.8. The van der Waals surface area contributed by atoms with Crippen LogP contribution in [0.2, 0.25) is 0 Å². The van der Waals surface area contributed by atoms with Crippen molar-refractivity contribution in [3.63, 3.8) is 0 Å². The van der Waals surface area contributed by atoms with Gasteiger partial charge in [0, 0.05) is 12.8 Å². The summed E-state index contributed by atoms with van der Waals surface area (Å²) in [4.78, 5) is 169. The zero-order valence-electron chi connectivity index (χ0n) is 43.9. The van der Waals surface area contributed by atoms with E-state index in [1.54, 1.807) is 71.9 Å². The van der Waals surface area contributed by atoms with Gasteiger partial charge in [0.15, 0.2) is 0 Å². The lowest BCUT2D eigenvalue weighted by molar-refractivity contribution is -0.141. The Morgan fingerprint density at radius 2 is 0.987 bits per heavy atom. The van der Waals surface area contributed by atoms with Gasteiger partial charge in [-0.25, -0.2) is 5.84 Å². The highest BCUT2D eigenvalue weighted by Gasteiger charge is 2.38. The third kappa shape index (κ3) is 23.2. The lowest BCUT2D eigenvalue weighted by Crippen LogP contribution is -2.63. The number of aliphatic carboxylic acids is 1. The quantitative estimate of drug-likeness (QED) is 0.0177. The van der Waals surface area contributed by atoms with Crippen LogP contribution in [0.1, 0.15) is 93.1 Å². The molecule has 20 N–H and O–H groups in total. The Hall–Kier alpha value is -7.79. The number of hydrazine groups is 1. The molecule has 11 atom stereocenters. The van der Waals surface area contributed by atoms with E-state index in [1.165, 1.54) is 6.92 Å². The molecule has 12 amide bonds. The highest BCUT2D eigenvalue weighted by atomic mass is 16.4. The number of hydrogen-bond acceptors (Lipinski definition) is 16. The predicted molar refractivity (Wildman–Crippen MR) is 270 cm³/mol. The molecule has 0 radical (unpaired) electrons. The summed E-state index contributed by atoms with van der Waals surface area (Å²) in [5, 5.41) is 41.7. The number of aliphatic hydroxyl groups excluding tert-OH is 1. The van der Waals surface area contributed by atoms with Gasteiger partial charge in [0.05, 0.1) is 31.5 Å². The van der Waals surface area contributed by atoms with Gasteiger partial charge in [0.2, 0.25) is 65.0 Å². The Kier molecular flexibility index (Phi) is 28.3. The molecule has 0 unspecified atom stereocenters. The van der Waals surface area contributed by atoms with Crippen LogP contribution in [0, 0.1) is 17.8 Å². The molecule has 0 aliphatic heterocycles. The van der Waals surface area contributed by atoms with Gasteiger partial charge in [-0.3, -0.25) is 67.8 Å². The van der Waals surface area contributed by atoms with E-state index in [0.717, 1.165) is 6.92 Å². The van der Waals surface area contributed by atoms with Gasteiger partial charge >= 0.3 is 5.97 Å². The minimum Gasteiger partial charge on any atom is -0.481 e. The molecule has 424 valence electrons. The standard InChI is InChI=1S/C47H76N14O15/c1-9-23(6)37(59-44(73)35(21(2)3)58-41(70)27(15-16-31(49)63)53-39(68)24(7)48)45(74)56-29(18-32(50)64)43(72)60-38(25(8)62)46(75)55-28(17-26-13-11-10-12-14-26)42(71)54-30(19-34(66)67)40(69)52-20-33(65)57-36(22(4)5)47(76)61-51/h10-14,21-25,27-30,35-38,62H,9,15-20,48,51H2,1-8H3,(H2,49,63)(H2,50,64)(H,52,69)(H,53,68)(H,54,71)(H,55,75)(H,56,74)(H,57,65)(H,58,70)(H,59,73)(H,60,72)(H,61,76)(H,66,67)/t23-,24-,25+,27-,28-,29-,30-,35-,36-,37-,38-/m0/s1. The summed E-state index contributed by atoms with van der Waals surface area (Å²) < 4.78 is 0. The molecule has 0 fully saturated rings. The number of carboxylic acids is 1. The number of carbonyl (C=O) groups excluding carboxylic acids is 12. The number of nitrogens with two attached hydrogens (primary N) is 4. The van der Waals surface area contributed by atoms with Gasteiger partial charge in [-0.1, -0.05) is 78.3 Å². The summed E-state index contributed by atoms with van der Waals surface area (Å²) in [5.41, 5.74) is 18.7. The van der Waals surface area contributed by atoms with Gasteiger partial charge in [0.1, 0.15) is 48.3 Å². The Bertz CT molecular complexity index is 2230. The summed E-state index contributed by atoms with van der Waals surface area (Å²) in [5.74, 6) is -9.91. The minimum atomic E-state index is -1.94. The highest BCUT2D eigenvalue weighted by Crippen LogP contribution is 2.13. The van der Waals surface area contributed by atoms with E-state index in [0.29, 0.717) is 5.56 Å². The first kappa shape index (κ1) is 66.2. The van der Waals surface area contributed by atoms with E-state index >= 15 is 0 Å². The third-order valence-corrected chi connectivity index (χ3v) is 11.6. The van der Waals surface area contributed by atoms with Crippen molar-refractivity contribution in [2.75, 3.05) is 6.54 Å². The number of aliphatic hydroxyl groups is 1. The summed E-state index contributed by atoms with van der Waals surface area (Å²) >= 11 is 0. The van der Waals surface area contributed by atoms with Crippen molar-refractivity contribution in [3.8, 4) is 0 Å². The zero-order valence-corrected chi connectivity index (χ0v) is 43.9. The molecular weight excluding hydrogens is 1000 g/mol. The monoisotopic (exact) mass is 1080 g/mol. The zero-order chi connectivity index (χ0) is 58.1. The van der Waals surface area contributed by atoms with Crippen molar-refractivity contribution >= 4 is 76.9 Å². The minimum absolute atomic E-state index is 0.242. The van der Waals surface area contributed by atoms with Gasteiger partial charge < -0.3 is 75.3 Å². The van der Waals surface area contributed by atoms with Crippen LogP contribution in [-0.2, 0) is 68.7 Å². The number of benzene rings is 1. The molecule has 0 spiro atoms. The number of carbonyl (C=O) groups is 13. The van der Waals surface area contributed by atoms with Crippen LogP contribution < -0.4 is 76.3 Å². The maximum absolute atomic E-state index is 14.0. The second kappa shape index (κ2) is 32.5. The lowest BCUT2D eigenvalue weighted by atomic mass is 9.95. The number of nitrogens with one attached hydrogen (secondary N) is 10. The van der Waals surface area contributed by atoms with Gasteiger partial charge in [0.25, 0.3) is 5.91 Å². The Labute approximate surface area is 439 Å². The number of carboxylic acid groups (broad SMARTS) is 1. The summed E-state index contributed by atoms with van der Waals surface area (Å²) in [6.07, 6.45) is -4.27. The maximum atomic E-state index is 14.0. The summed E-state index contributed by atoms with van der Waals surface area (Å²) in [6, 6.07) is -5.63. The van der Waals surface area contributed by atoms with E-state index in [4.69, 9.17) is 23.0 Å². The van der Waals surface area contributed by atoms with Crippen LogP contribution in [0.4, 0.5) is 0 Å². The normalized spacial score (nSPS) is 15.4. The van der Waals surface area contributed by atoms with Crippen molar-refractivity contribution in [2.24, 2.45) is 40.8 Å². The molecule has 0 aromatic heterocycles. The third-order valence-electron chi connectivity index (χ3n) is 11.6. The van der Waals surface area contributed by atoms with Crippen LogP contribution in [0.3, 0.4) is 0 Å². The van der Waals surface area contributed by atoms with Crippen molar-refractivity contribution in [1.82, 2.24) is 53.3 Å². The predicted octanol–water partition coefficient (Wildman–Crippen LogP) is -6.08. The molecule has 0 heterocycles. The number of amides is 12. The van der Waals surface area contributed by atoms with E-state index in [9.17, 15) is 72.5 Å². The maximum Gasteiger partial charge on any atom is 0.305 e. The molecule has 29 heteroatoms. The SMILES string of the molecule is CC[C@H](C)[C@H](NC(=O)[C@@H](NC(=O)[C@H](CCC(N)=O)NC(=O)[C@H](C)N)C(C)C)C(=O)N[C@@H](CC(N)=O)C(=O)N[C@H](C(=O)N[C@@H](Cc1ccccc1)C(=O)N[C@@H](CC(=O)O)C(=O)NCC(=O)N[C@H](C(=O)NN)C(C)C)[C@@H](C)O. The molecule has 76 heavy (non-hydrogen) atoms. The lowest BCUT2D eigenvalue weighted by Gasteiger charge is -2.30. The molecule has 1 aromatic carbocycles. The van der Waals surface area contributed by atoms with Gasteiger partial charge in [-0.2, -0.15) is 0 Å². The Balaban J connectivity index is 3.47. The van der Waals surface area contributed by atoms with E-state index < -0.39 is 174 Å². The first-order chi connectivity index (χ1) is 35.4. The largest absolute Gasteiger partial charge is 0.481 e. The summed E-state index contributed by atoms with van der Waals surface area (Å²) in [7, 11) is 0. The van der Waals surface area contributed by atoms with Crippen LogP contribution in [0.5, 0.6) is 0 Å². The fraction of sp³-hybridized carbons (Fsp3) is 0.596. The fourth-order valence-corrected chi connectivity index (χ4v) is 7.04. The van der Waals surface area contributed by atoms with E-state index in [2.05, 4.69) is 47.9 Å². The number of primary amides is 2. The second-order valence-electron chi connectivity index (χ2n) is 18.8. The molecule has 0 aliphatic carbocycles. The smallest absolute Gasteiger partial charge is 0.305 e. The Morgan fingerprint density at radius 1 is 0.526 bits per heavy atom. The Morgan fingerprint density at radius 3 is 1.49 bits per heavy atom. The van der Waals surface area contributed by atoms with Gasteiger partial charge in [-0.15, -0.1) is 0 Å². The van der Waals surface area contributed by atoms with Crippen LogP contribution in [-0.4, -0.2) is 154 Å². The molecule has 0 bridgehead atoms. The molecule has 29 nitrogen and oxygen atoms in total. The van der Waals surface area contributed by atoms with Crippen LogP contribution in [0.15, 0.2) is 30.3 Å². The molecule has 0 saturated carbocycles. The molecular formula is C47H76N14O15. The molecule has 1 rings (SSSR count). The van der Waals surface area contributed by atoms with E-state index in [-0.39, 0.29) is 25.7 Å². The van der Waals surface area contributed by atoms with Crippen molar-refractivity contribution < 1.29 is 72.5 Å². The summed E-state index contributed by atoms with van der Waals surface area (Å²) in [6.45, 7) is 11.3. The molecule has 0 saturated heterocycles. The molecule has 1 aromatic rings. The average molecular weight is 1080 g/mol. The van der Waals surface area contributed by atoms with Crippen molar-refractivity contribution in [2.45, 2.75) is 154 Å². The first-order valence-electron chi connectivity index (χ1n) is 24.4. The number of hydrogen-bond donors (Lipinski definition) is 16. The topological polar surface area (TPSA) is 487 Å². The average Bonchev–Trinajstić information content (AvgIpc) is 3.34. The van der Waals surface area contributed by atoms with E-state index in [1.807, 2.05) is 5.43 Å². The fourth-order valence-electron chi connectivity index (χ4n) is 7.04. The first-order valence-corrected chi connectivity index (χ1v) is 24.4. The van der Waals surface area contributed by atoms with Gasteiger partial charge in [-0.05, 0) is 43.6 Å². The highest BCUT2D eigenvalue weighted by molar-refractivity contribution is 6.00. The van der Waals surface area contributed by atoms with Crippen LogP contribution >= 0.6 is 0 Å². The molecule has 0 aliphatic rings. The van der Waals surface area contributed by atoms with Crippen molar-refractivity contribution in [3.05, 3.63) is 35.9 Å². The van der Waals surface area contributed by atoms with Crippen molar-refractivity contribution in [1.29, 1.82) is 0 Å².